The molecule has 2 aromatic carbocycles. The molecule has 0 radical (unpaired) electrons. The van der Waals surface area contributed by atoms with Crippen molar-refractivity contribution in [1.29, 1.82) is 0 Å². The number of carbonyl (C=O) groups is 1. The Morgan fingerprint density at radius 1 is 1.15 bits per heavy atom. The number of hydrogen-bond donors (Lipinski definition) is 1. The molecule has 1 unspecified atom stereocenters. The molecule has 1 saturated heterocycles. The van der Waals surface area contributed by atoms with Gasteiger partial charge in [-0.05, 0) is 35.4 Å². The topological polar surface area (TPSA) is 76.6 Å². The fourth-order valence-electron chi connectivity index (χ4n) is 5.35. The van der Waals surface area contributed by atoms with Gasteiger partial charge in [-0.15, -0.1) is 22.7 Å². The summed E-state index contributed by atoms with van der Waals surface area (Å²) in [5.41, 5.74) is 4.97. The molecule has 10 heteroatoms. The van der Waals surface area contributed by atoms with Crippen LogP contribution in [0.15, 0.2) is 72.4 Å². The number of thiazole rings is 1. The zero-order valence-electron chi connectivity index (χ0n) is 20.7. The second-order valence-electron chi connectivity index (χ2n) is 9.57. The highest BCUT2D eigenvalue weighted by atomic mass is 32.1. The minimum atomic E-state index is -0.593. The van der Waals surface area contributed by atoms with Gasteiger partial charge >= 0.3 is 6.09 Å². The average Bonchev–Trinajstić information content (AvgIpc) is 3.75. The Hall–Kier alpha value is -3.86. The Labute approximate surface area is 231 Å². The van der Waals surface area contributed by atoms with E-state index in [0.29, 0.717) is 31.9 Å². The Bertz CT molecular complexity index is 1730. The van der Waals surface area contributed by atoms with Crippen molar-refractivity contribution < 1.29 is 18.7 Å². The molecule has 3 aromatic heterocycles. The van der Waals surface area contributed by atoms with Crippen molar-refractivity contribution in [2.45, 2.75) is 18.6 Å². The molecule has 5 aromatic rings. The van der Waals surface area contributed by atoms with Gasteiger partial charge in [0.2, 0.25) is 0 Å². The van der Waals surface area contributed by atoms with Crippen molar-refractivity contribution in [3.8, 4) is 0 Å². The standard InChI is InChI=1S/C29H23FN4O3S2/c30-21-13-26-24(32-17-38-26)14-23(21)33-22-6-9-31-27-19(22)12-25(39-27)20-7-10-34(29(20)8-11-36-16-29)28(35)37-15-18-4-2-1-3-5-18/h1-7,9,12-14,17H,8,10-11,15-16H2,(H,31,33). The minimum Gasteiger partial charge on any atom is -0.445 e. The lowest BCUT2D eigenvalue weighted by molar-refractivity contribution is 0.0680. The first-order valence-corrected chi connectivity index (χ1v) is 14.3. The van der Waals surface area contributed by atoms with E-state index in [0.717, 1.165) is 42.1 Å². The highest BCUT2D eigenvalue weighted by Crippen LogP contribution is 2.47. The molecule has 7 nitrogen and oxygen atoms in total. The lowest BCUT2D eigenvalue weighted by atomic mass is 9.88. The van der Waals surface area contributed by atoms with Gasteiger partial charge in [0.05, 0.1) is 39.2 Å². The molecule has 5 heterocycles. The lowest BCUT2D eigenvalue weighted by Gasteiger charge is -2.35. The fraction of sp³-hybridized carbons (Fsp3) is 0.207. The highest BCUT2D eigenvalue weighted by molar-refractivity contribution is 7.19. The van der Waals surface area contributed by atoms with Gasteiger partial charge < -0.3 is 14.8 Å². The van der Waals surface area contributed by atoms with E-state index in [9.17, 15) is 9.18 Å². The van der Waals surface area contributed by atoms with Crippen molar-refractivity contribution in [3.63, 3.8) is 0 Å². The maximum atomic E-state index is 14.9. The van der Waals surface area contributed by atoms with Crippen LogP contribution in [0.3, 0.4) is 0 Å². The molecule has 2 aliphatic heterocycles. The van der Waals surface area contributed by atoms with Crippen LogP contribution >= 0.6 is 22.7 Å². The summed E-state index contributed by atoms with van der Waals surface area (Å²) in [4.78, 5) is 25.8. The number of thiophene rings is 1. The van der Waals surface area contributed by atoms with Crippen LogP contribution in [-0.4, -0.2) is 46.3 Å². The second kappa shape index (κ2) is 9.71. The molecule has 0 aliphatic carbocycles. The Morgan fingerprint density at radius 2 is 2.05 bits per heavy atom. The monoisotopic (exact) mass is 558 g/mol. The van der Waals surface area contributed by atoms with E-state index >= 15 is 0 Å². The molecule has 1 amide bonds. The van der Waals surface area contributed by atoms with Crippen molar-refractivity contribution in [2.75, 3.05) is 25.1 Å². The van der Waals surface area contributed by atoms with Gasteiger partial charge in [0.25, 0.3) is 0 Å². The quantitative estimate of drug-likeness (QED) is 0.251. The van der Waals surface area contributed by atoms with Crippen LogP contribution in [0.4, 0.5) is 20.6 Å². The van der Waals surface area contributed by atoms with Gasteiger partial charge in [0.1, 0.15) is 17.3 Å². The summed E-state index contributed by atoms with van der Waals surface area (Å²) in [5.74, 6) is -0.336. The number of fused-ring (bicyclic) bond motifs is 2. The summed E-state index contributed by atoms with van der Waals surface area (Å²) >= 11 is 2.96. The Morgan fingerprint density at radius 3 is 2.90 bits per heavy atom. The number of anilines is 2. The molecule has 7 rings (SSSR count). The van der Waals surface area contributed by atoms with Gasteiger partial charge in [-0.1, -0.05) is 36.4 Å². The van der Waals surface area contributed by atoms with Crippen LogP contribution in [0.2, 0.25) is 0 Å². The molecule has 1 spiro atoms. The van der Waals surface area contributed by atoms with Crippen molar-refractivity contribution in [3.05, 3.63) is 88.6 Å². The molecule has 1 atom stereocenters. The minimum absolute atomic E-state index is 0.216. The van der Waals surface area contributed by atoms with E-state index in [-0.39, 0.29) is 18.5 Å². The van der Waals surface area contributed by atoms with Gasteiger partial charge in [-0.3, -0.25) is 4.90 Å². The number of halogens is 1. The first kappa shape index (κ1) is 24.2. The number of pyridine rings is 1. The highest BCUT2D eigenvalue weighted by Gasteiger charge is 2.50. The van der Waals surface area contributed by atoms with E-state index in [4.69, 9.17) is 9.47 Å². The number of nitrogens with one attached hydrogen (secondary N) is 1. The first-order chi connectivity index (χ1) is 19.1. The maximum absolute atomic E-state index is 14.9. The number of hydrogen-bond acceptors (Lipinski definition) is 8. The summed E-state index contributed by atoms with van der Waals surface area (Å²) < 4.78 is 27.2. The van der Waals surface area contributed by atoms with Crippen LogP contribution in [0.25, 0.3) is 26.0 Å². The zero-order chi connectivity index (χ0) is 26.4. The molecule has 1 N–H and O–H groups in total. The van der Waals surface area contributed by atoms with Crippen molar-refractivity contribution >= 4 is 66.1 Å². The van der Waals surface area contributed by atoms with E-state index in [1.165, 1.54) is 17.4 Å². The number of aromatic nitrogens is 2. The molecule has 1 fully saturated rings. The fourth-order valence-corrected chi connectivity index (χ4v) is 7.19. The van der Waals surface area contributed by atoms with E-state index in [1.54, 1.807) is 34.0 Å². The van der Waals surface area contributed by atoms with E-state index in [1.807, 2.05) is 36.4 Å². The number of nitrogens with zero attached hydrogens (tertiary/aromatic N) is 3. The molecular formula is C29H23FN4O3S2. The SMILES string of the molecule is O=C(OCc1ccccc1)N1CC=C(c2cc3c(Nc4cc5ncsc5cc4F)ccnc3s2)C12CCOC2. The van der Waals surface area contributed by atoms with Gasteiger partial charge in [-0.25, -0.2) is 19.2 Å². The number of rotatable bonds is 5. The first-order valence-electron chi connectivity index (χ1n) is 12.6. The predicted octanol–water partition coefficient (Wildman–Crippen LogP) is 6.98. The molecule has 0 bridgehead atoms. The Kier molecular flexibility index (Phi) is 6.03. The van der Waals surface area contributed by atoms with Gasteiger partial charge in [-0.2, -0.15) is 0 Å². The summed E-state index contributed by atoms with van der Waals surface area (Å²) in [7, 11) is 0. The third-order valence-electron chi connectivity index (χ3n) is 7.31. The van der Waals surface area contributed by atoms with Crippen LogP contribution in [-0.2, 0) is 16.1 Å². The van der Waals surface area contributed by atoms with Crippen molar-refractivity contribution in [1.82, 2.24) is 14.9 Å². The maximum Gasteiger partial charge on any atom is 0.411 e. The van der Waals surface area contributed by atoms with Crippen LogP contribution in [0.1, 0.15) is 16.9 Å². The average molecular weight is 559 g/mol. The number of ether oxygens (including phenoxy) is 2. The second-order valence-corrected chi connectivity index (χ2v) is 11.5. The molecule has 0 saturated carbocycles. The third-order valence-corrected chi connectivity index (χ3v) is 9.18. The Balaban J connectivity index is 1.18. The summed E-state index contributed by atoms with van der Waals surface area (Å²) in [6.45, 7) is 1.63. The number of carbonyl (C=O) groups excluding carboxylic acids is 1. The third kappa shape index (κ3) is 4.25. The predicted molar refractivity (Wildman–Crippen MR) is 152 cm³/mol. The van der Waals surface area contributed by atoms with E-state index in [2.05, 4.69) is 27.4 Å². The summed E-state index contributed by atoms with van der Waals surface area (Å²) in [6.07, 6.45) is 4.14. The largest absolute Gasteiger partial charge is 0.445 e. The van der Waals surface area contributed by atoms with Gasteiger partial charge in [0.15, 0.2) is 0 Å². The zero-order valence-corrected chi connectivity index (χ0v) is 22.4. The molecular weight excluding hydrogens is 535 g/mol. The van der Waals surface area contributed by atoms with Crippen LogP contribution in [0, 0.1) is 5.82 Å². The molecule has 2 aliphatic rings. The smallest absolute Gasteiger partial charge is 0.411 e. The van der Waals surface area contributed by atoms with Crippen LogP contribution < -0.4 is 5.32 Å². The number of amides is 1. The van der Waals surface area contributed by atoms with Gasteiger partial charge in [0, 0.05) is 36.0 Å². The van der Waals surface area contributed by atoms with Crippen LogP contribution in [0.5, 0.6) is 0 Å². The van der Waals surface area contributed by atoms with Crippen molar-refractivity contribution in [2.24, 2.45) is 0 Å². The summed E-state index contributed by atoms with van der Waals surface area (Å²) in [5, 5.41) is 4.13. The normalized spacial score (nSPS) is 18.8. The molecule has 39 heavy (non-hydrogen) atoms. The van der Waals surface area contributed by atoms with E-state index < -0.39 is 5.54 Å². The summed E-state index contributed by atoms with van der Waals surface area (Å²) in [6, 6.07) is 16.8. The molecule has 196 valence electrons. The lowest BCUT2D eigenvalue weighted by Crippen LogP contribution is -2.49. The number of benzene rings is 2.